The Labute approximate surface area is 127 Å². The monoisotopic (exact) mass is 290 g/mol. The van der Waals surface area contributed by atoms with Crippen LogP contribution in [0.2, 0.25) is 0 Å². The third-order valence-electron chi connectivity index (χ3n) is 3.36. The van der Waals surface area contributed by atoms with E-state index in [9.17, 15) is 9.59 Å². The molecule has 4 nitrogen and oxygen atoms in total. The molecule has 0 heterocycles. The molecular formula is C17H26N2O2. The standard InChI is InChI=1S/C17H26N2O2/c1-4-18-15(12-14-8-6-5-7-9-14)17(21)19-11-10-16(20)13(2)3/h5-9,13,15,18H,4,10-12H2,1-3H3,(H,19,21)/t15-/m0/s1. The number of carbonyl (C=O) groups is 2. The predicted molar refractivity (Wildman–Crippen MR) is 85.1 cm³/mol. The van der Waals surface area contributed by atoms with Crippen molar-refractivity contribution < 1.29 is 9.59 Å². The molecule has 1 aromatic carbocycles. The summed E-state index contributed by atoms with van der Waals surface area (Å²) in [6.45, 7) is 6.87. The molecule has 1 rings (SSSR count). The second-order valence-corrected chi connectivity index (χ2v) is 5.46. The van der Waals surface area contributed by atoms with Crippen molar-refractivity contribution in [3.63, 3.8) is 0 Å². The SMILES string of the molecule is CCN[C@@H](Cc1ccccc1)C(=O)NCCC(=O)C(C)C. The van der Waals surface area contributed by atoms with E-state index in [0.29, 0.717) is 19.4 Å². The molecule has 0 spiro atoms. The van der Waals surface area contributed by atoms with Crippen molar-refractivity contribution in [3.05, 3.63) is 35.9 Å². The van der Waals surface area contributed by atoms with Crippen LogP contribution in [0.4, 0.5) is 0 Å². The molecule has 0 aliphatic rings. The average molecular weight is 290 g/mol. The fraction of sp³-hybridized carbons (Fsp3) is 0.529. The van der Waals surface area contributed by atoms with Crippen LogP contribution >= 0.6 is 0 Å². The summed E-state index contributed by atoms with van der Waals surface area (Å²) in [6, 6.07) is 9.67. The Morgan fingerprint density at radius 3 is 2.38 bits per heavy atom. The van der Waals surface area contributed by atoms with Gasteiger partial charge in [0.1, 0.15) is 5.78 Å². The van der Waals surface area contributed by atoms with Crippen LogP contribution in [-0.4, -0.2) is 30.8 Å². The number of Topliss-reactive ketones (excluding diaryl/α,β-unsaturated/α-hetero) is 1. The molecule has 0 saturated heterocycles. The smallest absolute Gasteiger partial charge is 0.237 e. The van der Waals surface area contributed by atoms with Gasteiger partial charge in [-0.3, -0.25) is 9.59 Å². The summed E-state index contributed by atoms with van der Waals surface area (Å²) >= 11 is 0. The first kappa shape index (κ1) is 17.4. The van der Waals surface area contributed by atoms with Gasteiger partial charge in [0.15, 0.2) is 0 Å². The van der Waals surface area contributed by atoms with Crippen molar-refractivity contribution in [2.75, 3.05) is 13.1 Å². The largest absolute Gasteiger partial charge is 0.354 e. The number of benzene rings is 1. The third-order valence-corrected chi connectivity index (χ3v) is 3.36. The lowest BCUT2D eigenvalue weighted by molar-refractivity contribution is -0.124. The van der Waals surface area contributed by atoms with Gasteiger partial charge in [-0.2, -0.15) is 0 Å². The molecule has 0 unspecified atom stereocenters. The Hall–Kier alpha value is -1.68. The summed E-state index contributed by atoms with van der Waals surface area (Å²) < 4.78 is 0. The maximum absolute atomic E-state index is 12.2. The summed E-state index contributed by atoms with van der Waals surface area (Å²) in [6.07, 6.45) is 1.05. The van der Waals surface area contributed by atoms with E-state index in [0.717, 1.165) is 12.1 Å². The number of rotatable bonds is 9. The number of hydrogen-bond donors (Lipinski definition) is 2. The zero-order valence-corrected chi connectivity index (χ0v) is 13.2. The quantitative estimate of drug-likeness (QED) is 0.731. The van der Waals surface area contributed by atoms with Crippen LogP contribution in [0.25, 0.3) is 0 Å². The molecule has 4 heteroatoms. The topological polar surface area (TPSA) is 58.2 Å². The van der Waals surface area contributed by atoms with Gasteiger partial charge in [0.05, 0.1) is 6.04 Å². The first-order valence-electron chi connectivity index (χ1n) is 7.62. The molecule has 0 aliphatic heterocycles. The highest BCUT2D eigenvalue weighted by atomic mass is 16.2. The summed E-state index contributed by atoms with van der Waals surface area (Å²) in [4.78, 5) is 23.7. The number of carbonyl (C=O) groups excluding carboxylic acids is 2. The predicted octanol–water partition coefficient (Wildman–Crippen LogP) is 1.94. The molecule has 0 aliphatic carbocycles. The van der Waals surface area contributed by atoms with Crippen molar-refractivity contribution in [2.24, 2.45) is 5.92 Å². The van der Waals surface area contributed by atoms with Gasteiger partial charge in [-0.05, 0) is 18.5 Å². The highest BCUT2D eigenvalue weighted by Gasteiger charge is 2.17. The molecule has 0 saturated carbocycles. The van der Waals surface area contributed by atoms with Crippen LogP contribution in [0, 0.1) is 5.92 Å². The molecule has 0 bridgehead atoms. The zero-order chi connectivity index (χ0) is 15.7. The van der Waals surface area contributed by atoms with Crippen LogP contribution in [0.5, 0.6) is 0 Å². The summed E-state index contributed by atoms with van der Waals surface area (Å²) in [5, 5.41) is 6.05. The lowest BCUT2D eigenvalue weighted by atomic mass is 10.0. The van der Waals surface area contributed by atoms with E-state index < -0.39 is 0 Å². The lowest BCUT2D eigenvalue weighted by Gasteiger charge is -2.17. The highest BCUT2D eigenvalue weighted by Crippen LogP contribution is 2.04. The number of ketones is 1. The van der Waals surface area contributed by atoms with Crippen LogP contribution in [0.1, 0.15) is 32.8 Å². The Balaban J connectivity index is 2.48. The van der Waals surface area contributed by atoms with Gasteiger partial charge in [0, 0.05) is 18.9 Å². The van der Waals surface area contributed by atoms with E-state index in [1.807, 2.05) is 51.1 Å². The molecule has 2 N–H and O–H groups in total. The maximum Gasteiger partial charge on any atom is 0.237 e. The first-order chi connectivity index (χ1) is 10.0. The fourth-order valence-electron chi connectivity index (χ4n) is 2.07. The molecule has 1 atom stereocenters. The molecular weight excluding hydrogens is 264 g/mol. The highest BCUT2D eigenvalue weighted by molar-refractivity contribution is 5.84. The Morgan fingerprint density at radius 1 is 1.14 bits per heavy atom. The Bertz CT molecular complexity index is 443. The van der Waals surface area contributed by atoms with E-state index >= 15 is 0 Å². The van der Waals surface area contributed by atoms with Crippen LogP contribution < -0.4 is 10.6 Å². The van der Waals surface area contributed by atoms with Gasteiger partial charge in [0.2, 0.25) is 5.91 Å². The van der Waals surface area contributed by atoms with Gasteiger partial charge in [-0.15, -0.1) is 0 Å². The van der Waals surface area contributed by atoms with Crippen molar-refractivity contribution in [3.8, 4) is 0 Å². The molecule has 1 amide bonds. The van der Waals surface area contributed by atoms with Gasteiger partial charge in [-0.1, -0.05) is 51.1 Å². The van der Waals surface area contributed by atoms with Crippen LogP contribution in [-0.2, 0) is 16.0 Å². The van der Waals surface area contributed by atoms with E-state index in [4.69, 9.17) is 0 Å². The summed E-state index contributed by atoms with van der Waals surface area (Å²) in [5.74, 6) is 0.159. The van der Waals surface area contributed by atoms with Crippen molar-refractivity contribution in [1.82, 2.24) is 10.6 Å². The third kappa shape index (κ3) is 6.54. The maximum atomic E-state index is 12.2. The number of amides is 1. The van der Waals surface area contributed by atoms with Gasteiger partial charge in [-0.25, -0.2) is 0 Å². The van der Waals surface area contributed by atoms with E-state index in [2.05, 4.69) is 10.6 Å². The van der Waals surface area contributed by atoms with Crippen molar-refractivity contribution in [1.29, 1.82) is 0 Å². The second kappa shape index (κ2) is 9.29. The average Bonchev–Trinajstić information content (AvgIpc) is 2.47. The van der Waals surface area contributed by atoms with Crippen LogP contribution in [0.3, 0.4) is 0 Å². The number of likely N-dealkylation sites (N-methyl/N-ethyl adjacent to an activating group) is 1. The van der Waals surface area contributed by atoms with E-state index in [1.165, 1.54) is 0 Å². The molecule has 0 radical (unpaired) electrons. The normalized spacial score (nSPS) is 12.2. The van der Waals surface area contributed by atoms with E-state index in [1.54, 1.807) is 0 Å². The van der Waals surface area contributed by atoms with Crippen LogP contribution in [0.15, 0.2) is 30.3 Å². The summed E-state index contributed by atoms with van der Waals surface area (Å²) in [7, 11) is 0. The Morgan fingerprint density at radius 2 is 1.81 bits per heavy atom. The molecule has 1 aromatic rings. The number of hydrogen-bond acceptors (Lipinski definition) is 3. The molecule has 116 valence electrons. The second-order valence-electron chi connectivity index (χ2n) is 5.46. The van der Waals surface area contributed by atoms with E-state index in [-0.39, 0.29) is 23.7 Å². The molecule has 21 heavy (non-hydrogen) atoms. The van der Waals surface area contributed by atoms with Crippen molar-refractivity contribution in [2.45, 2.75) is 39.7 Å². The molecule has 0 aromatic heterocycles. The lowest BCUT2D eigenvalue weighted by Crippen LogP contribution is -2.46. The van der Waals surface area contributed by atoms with Crippen molar-refractivity contribution >= 4 is 11.7 Å². The number of nitrogens with one attached hydrogen (secondary N) is 2. The Kier molecular flexibility index (Phi) is 7.69. The van der Waals surface area contributed by atoms with Gasteiger partial charge >= 0.3 is 0 Å². The minimum absolute atomic E-state index is 0.0239. The minimum atomic E-state index is -0.258. The summed E-state index contributed by atoms with van der Waals surface area (Å²) in [5.41, 5.74) is 1.12. The minimum Gasteiger partial charge on any atom is -0.354 e. The van der Waals surface area contributed by atoms with Gasteiger partial charge < -0.3 is 10.6 Å². The molecule has 0 fully saturated rings. The zero-order valence-electron chi connectivity index (χ0n) is 13.2. The fourth-order valence-corrected chi connectivity index (χ4v) is 2.07. The first-order valence-corrected chi connectivity index (χ1v) is 7.62. The van der Waals surface area contributed by atoms with Gasteiger partial charge in [0.25, 0.3) is 0 Å².